The lowest BCUT2D eigenvalue weighted by molar-refractivity contribution is -0.147. The summed E-state index contributed by atoms with van der Waals surface area (Å²) in [7, 11) is 0. The molecule has 0 aromatic rings. The van der Waals surface area contributed by atoms with Crippen molar-refractivity contribution in [1.29, 1.82) is 0 Å². The van der Waals surface area contributed by atoms with E-state index in [1.54, 1.807) is 11.8 Å². The standard InChI is InChI=1S/C8H15NO4S/c1-14-5-3-7(11)9-4-2-6(10)8(12)13/h6,10H,2-5H2,1H3,(H,9,11)(H,12,13). The summed E-state index contributed by atoms with van der Waals surface area (Å²) in [4.78, 5) is 21.2. The van der Waals surface area contributed by atoms with Crippen LogP contribution in [0.5, 0.6) is 0 Å². The minimum absolute atomic E-state index is 0.0420. The third-order valence-corrected chi connectivity index (χ3v) is 2.17. The van der Waals surface area contributed by atoms with Crippen molar-refractivity contribution < 1.29 is 19.8 Å². The quantitative estimate of drug-likeness (QED) is 0.549. The highest BCUT2D eigenvalue weighted by molar-refractivity contribution is 7.98. The van der Waals surface area contributed by atoms with Crippen LogP contribution in [0.4, 0.5) is 0 Å². The lowest BCUT2D eigenvalue weighted by atomic mass is 10.2. The van der Waals surface area contributed by atoms with Gasteiger partial charge in [0.1, 0.15) is 0 Å². The Kier molecular flexibility index (Phi) is 7.23. The second-order valence-electron chi connectivity index (χ2n) is 2.74. The summed E-state index contributed by atoms with van der Waals surface area (Å²) in [6.45, 7) is 0.195. The summed E-state index contributed by atoms with van der Waals surface area (Å²) in [6.07, 6.45) is 0.974. The van der Waals surface area contributed by atoms with Crippen LogP contribution < -0.4 is 5.32 Å². The lowest BCUT2D eigenvalue weighted by Crippen LogP contribution is -2.30. The van der Waals surface area contributed by atoms with Crippen molar-refractivity contribution in [3.63, 3.8) is 0 Å². The van der Waals surface area contributed by atoms with E-state index in [4.69, 9.17) is 10.2 Å². The maximum atomic E-state index is 11.0. The first-order chi connectivity index (χ1) is 6.57. The predicted octanol–water partition coefficient (Wildman–Crippen LogP) is -0.309. The molecule has 0 aromatic heterocycles. The molecule has 0 saturated carbocycles. The van der Waals surface area contributed by atoms with Crippen LogP contribution in [-0.2, 0) is 9.59 Å². The Morgan fingerprint density at radius 1 is 1.50 bits per heavy atom. The summed E-state index contributed by atoms with van der Waals surface area (Å²) >= 11 is 1.57. The summed E-state index contributed by atoms with van der Waals surface area (Å²) in [5.41, 5.74) is 0. The van der Waals surface area contributed by atoms with Crippen LogP contribution in [0.2, 0.25) is 0 Å². The van der Waals surface area contributed by atoms with Gasteiger partial charge in [0.25, 0.3) is 0 Å². The van der Waals surface area contributed by atoms with E-state index in [1.807, 2.05) is 6.26 Å². The van der Waals surface area contributed by atoms with Crippen LogP contribution in [-0.4, -0.2) is 46.7 Å². The van der Waals surface area contributed by atoms with Gasteiger partial charge in [0.15, 0.2) is 6.10 Å². The van der Waals surface area contributed by atoms with Crippen LogP contribution in [0.1, 0.15) is 12.8 Å². The van der Waals surface area contributed by atoms with Crippen LogP contribution in [0.25, 0.3) is 0 Å². The van der Waals surface area contributed by atoms with E-state index >= 15 is 0 Å². The molecular weight excluding hydrogens is 206 g/mol. The number of aliphatic carboxylic acids is 1. The largest absolute Gasteiger partial charge is 0.479 e. The van der Waals surface area contributed by atoms with Crippen molar-refractivity contribution in [1.82, 2.24) is 5.32 Å². The fraction of sp³-hybridized carbons (Fsp3) is 0.750. The second kappa shape index (κ2) is 7.64. The van der Waals surface area contributed by atoms with Crippen molar-refractivity contribution in [3.05, 3.63) is 0 Å². The summed E-state index contributed by atoms with van der Waals surface area (Å²) in [6, 6.07) is 0. The number of nitrogens with one attached hydrogen (secondary N) is 1. The van der Waals surface area contributed by atoms with Crippen LogP contribution >= 0.6 is 11.8 Å². The molecule has 6 heteroatoms. The Morgan fingerprint density at radius 2 is 2.14 bits per heavy atom. The van der Waals surface area contributed by atoms with Gasteiger partial charge in [-0.25, -0.2) is 4.79 Å². The Bertz CT molecular complexity index is 198. The van der Waals surface area contributed by atoms with Gasteiger partial charge in [-0.05, 0) is 6.26 Å². The number of aliphatic hydroxyl groups excluding tert-OH is 1. The van der Waals surface area contributed by atoms with Gasteiger partial charge in [-0.2, -0.15) is 11.8 Å². The number of rotatable bonds is 7. The number of carboxylic acid groups (broad SMARTS) is 1. The average molecular weight is 221 g/mol. The molecule has 14 heavy (non-hydrogen) atoms. The van der Waals surface area contributed by atoms with E-state index < -0.39 is 12.1 Å². The molecule has 82 valence electrons. The third kappa shape index (κ3) is 6.73. The fourth-order valence-corrected chi connectivity index (χ4v) is 1.14. The van der Waals surface area contributed by atoms with Crippen LogP contribution in [0.15, 0.2) is 0 Å². The molecule has 1 unspecified atom stereocenters. The third-order valence-electron chi connectivity index (χ3n) is 1.56. The fourth-order valence-electron chi connectivity index (χ4n) is 0.755. The Labute approximate surface area is 86.9 Å². The van der Waals surface area contributed by atoms with Crippen molar-refractivity contribution in [2.45, 2.75) is 18.9 Å². The molecule has 0 heterocycles. The monoisotopic (exact) mass is 221 g/mol. The molecule has 0 saturated heterocycles. The number of amides is 1. The number of thioether (sulfide) groups is 1. The van der Waals surface area contributed by atoms with Gasteiger partial charge in [-0.15, -0.1) is 0 Å². The number of carbonyl (C=O) groups excluding carboxylic acids is 1. The maximum Gasteiger partial charge on any atom is 0.332 e. The molecule has 0 fully saturated rings. The molecule has 1 amide bonds. The van der Waals surface area contributed by atoms with Gasteiger partial charge >= 0.3 is 5.97 Å². The number of carbonyl (C=O) groups is 2. The number of carboxylic acids is 1. The molecule has 0 aromatic carbocycles. The van der Waals surface area contributed by atoms with Crippen LogP contribution in [0.3, 0.4) is 0 Å². The first-order valence-electron chi connectivity index (χ1n) is 4.24. The zero-order valence-electron chi connectivity index (χ0n) is 8.02. The van der Waals surface area contributed by atoms with E-state index in [1.165, 1.54) is 0 Å². The first-order valence-corrected chi connectivity index (χ1v) is 5.63. The van der Waals surface area contributed by atoms with Crippen molar-refractivity contribution >= 4 is 23.6 Å². The highest BCUT2D eigenvalue weighted by Gasteiger charge is 2.12. The minimum atomic E-state index is -1.39. The molecular formula is C8H15NO4S. The second-order valence-corrected chi connectivity index (χ2v) is 3.72. The van der Waals surface area contributed by atoms with E-state index in [0.717, 1.165) is 5.75 Å². The van der Waals surface area contributed by atoms with Crippen molar-refractivity contribution in [2.75, 3.05) is 18.6 Å². The molecule has 1 atom stereocenters. The van der Waals surface area contributed by atoms with Gasteiger partial charge in [-0.1, -0.05) is 0 Å². The van der Waals surface area contributed by atoms with E-state index in [2.05, 4.69) is 5.32 Å². The topological polar surface area (TPSA) is 86.6 Å². The number of hydrogen-bond acceptors (Lipinski definition) is 4. The van der Waals surface area contributed by atoms with E-state index in [9.17, 15) is 9.59 Å². The molecule has 0 spiro atoms. The van der Waals surface area contributed by atoms with E-state index in [-0.39, 0.29) is 18.9 Å². The minimum Gasteiger partial charge on any atom is -0.479 e. The molecule has 0 radical (unpaired) electrons. The number of aliphatic hydroxyl groups is 1. The van der Waals surface area contributed by atoms with E-state index in [0.29, 0.717) is 6.42 Å². The van der Waals surface area contributed by atoms with Gasteiger partial charge in [0, 0.05) is 25.1 Å². The zero-order valence-corrected chi connectivity index (χ0v) is 8.84. The van der Waals surface area contributed by atoms with Gasteiger partial charge in [-0.3, -0.25) is 4.79 Å². The van der Waals surface area contributed by atoms with Gasteiger partial charge in [0.2, 0.25) is 5.91 Å². The van der Waals surface area contributed by atoms with Crippen molar-refractivity contribution in [2.24, 2.45) is 0 Å². The molecule has 5 nitrogen and oxygen atoms in total. The normalized spacial score (nSPS) is 12.1. The first kappa shape index (κ1) is 13.2. The van der Waals surface area contributed by atoms with Gasteiger partial charge in [0.05, 0.1) is 0 Å². The Balaban J connectivity index is 3.44. The summed E-state index contributed by atoms with van der Waals surface area (Å²) < 4.78 is 0. The molecule has 0 aliphatic heterocycles. The molecule has 0 rings (SSSR count). The number of hydrogen-bond donors (Lipinski definition) is 3. The van der Waals surface area contributed by atoms with Gasteiger partial charge < -0.3 is 15.5 Å². The average Bonchev–Trinajstić information content (AvgIpc) is 2.14. The summed E-state index contributed by atoms with van der Waals surface area (Å²) in [5.74, 6) is -0.631. The molecule has 0 aliphatic carbocycles. The highest BCUT2D eigenvalue weighted by atomic mass is 32.2. The SMILES string of the molecule is CSCCC(=O)NCCC(O)C(=O)O. The predicted molar refractivity (Wildman–Crippen MR) is 54.3 cm³/mol. The lowest BCUT2D eigenvalue weighted by Gasteiger charge is -2.06. The zero-order chi connectivity index (χ0) is 11.0. The molecule has 0 bridgehead atoms. The van der Waals surface area contributed by atoms with Crippen LogP contribution in [0, 0.1) is 0 Å². The summed E-state index contributed by atoms with van der Waals surface area (Å²) in [5, 5.41) is 19.7. The smallest absolute Gasteiger partial charge is 0.332 e. The maximum absolute atomic E-state index is 11.0. The Morgan fingerprint density at radius 3 is 2.64 bits per heavy atom. The van der Waals surface area contributed by atoms with Crippen molar-refractivity contribution in [3.8, 4) is 0 Å². The molecule has 3 N–H and O–H groups in total. The highest BCUT2D eigenvalue weighted by Crippen LogP contribution is 1.95. The molecule has 0 aliphatic rings. The Hall–Kier alpha value is -0.750.